The number of hydrogen-bond donors (Lipinski definition) is 1. The van der Waals surface area contributed by atoms with E-state index in [0.717, 1.165) is 38.8 Å². The summed E-state index contributed by atoms with van der Waals surface area (Å²) in [5.41, 5.74) is -0.418. The summed E-state index contributed by atoms with van der Waals surface area (Å²) in [5, 5.41) is 3.31. The molecule has 2 aliphatic heterocycles. The van der Waals surface area contributed by atoms with Crippen molar-refractivity contribution in [2.75, 3.05) is 13.1 Å². The Kier molecular flexibility index (Phi) is 2.30. The van der Waals surface area contributed by atoms with E-state index in [4.69, 9.17) is 4.74 Å². The normalized spacial score (nSPS) is 42.9. The van der Waals surface area contributed by atoms with Crippen molar-refractivity contribution in [1.82, 2.24) is 5.32 Å². The van der Waals surface area contributed by atoms with Crippen LogP contribution in [0, 0.1) is 5.41 Å². The minimum Gasteiger partial charge on any atom is -0.459 e. The van der Waals surface area contributed by atoms with Gasteiger partial charge in [0.25, 0.3) is 0 Å². The lowest BCUT2D eigenvalue weighted by Gasteiger charge is -2.30. The second-order valence-electron chi connectivity index (χ2n) is 4.93. The number of carbonyl (C=O) groups is 1. The molecule has 2 saturated heterocycles. The zero-order chi connectivity index (χ0) is 10.2. The van der Waals surface area contributed by atoms with Crippen molar-refractivity contribution in [3.63, 3.8) is 0 Å². The van der Waals surface area contributed by atoms with Gasteiger partial charge in [-0.05, 0) is 32.7 Å². The molecule has 0 bridgehead atoms. The molecule has 2 aliphatic rings. The Morgan fingerprint density at radius 1 is 1.57 bits per heavy atom. The topological polar surface area (TPSA) is 38.3 Å². The highest BCUT2D eigenvalue weighted by Crippen LogP contribution is 2.45. The maximum atomic E-state index is 11.9. The van der Waals surface area contributed by atoms with Gasteiger partial charge in [-0.1, -0.05) is 6.92 Å². The fraction of sp³-hybridized carbons (Fsp3) is 0.909. The Morgan fingerprint density at radius 2 is 2.36 bits per heavy atom. The van der Waals surface area contributed by atoms with Crippen LogP contribution in [0.5, 0.6) is 0 Å². The van der Waals surface area contributed by atoms with Crippen LogP contribution in [-0.4, -0.2) is 24.7 Å². The molecule has 0 aromatic carbocycles. The smallest absolute Gasteiger partial charge is 0.314 e. The van der Waals surface area contributed by atoms with Crippen LogP contribution in [-0.2, 0) is 9.53 Å². The van der Waals surface area contributed by atoms with E-state index < -0.39 is 0 Å². The lowest BCUT2D eigenvalue weighted by molar-refractivity contribution is -0.153. The average molecular weight is 197 g/mol. The third-order valence-corrected chi connectivity index (χ3v) is 3.70. The van der Waals surface area contributed by atoms with E-state index in [-0.39, 0.29) is 17.0 Å². The van der Waals surface area contributed by atoms with E-state index in [1.165, 1.54) is 0 Å². The Labute approximate surface area is 85.2 Å². The van der Waals surface area contributed by atoms with Gasteiger partial charge in [0, 0.05) is 13.0 Å². The van der Waals surface area contributed by atoms with E-state index in [0.29, 0.717) is 0 Å². The molecule has 0 saturated carbocycles. The molecule has 3 nitrogen and oxygen atoms in total. The van der Waals surface area contributed by atoms with Crippen molar-refractivity contribution < 1.29 is 9.53 Å². The summed E-state index contributed by atoms with van der Waals surface area (Å²) in [5.74, 6) is 0.0223. The zero-order valence-electron chi connectivity index (χ0n) is 9.06. The zero-order valence-corrected chi connectivity index (χ0v) is 9.06. The largest absolute Gasteiger partial charge is 0.459 e. The second kappa shape index (κ2) is 3.23. The lowest BCUT2D eigenvalue weighted by atomic mass is 9.75. The van der Waals surface area contributed by atoms with Crippen LogP contribution in [0.15, 0.2) is 0 Å². The van der Waals surface area contributed by atoms with Gasteiger partial charge in [0.05, 0.1) is 5.41 Å². The van der Waals surface area contributed by atoms with Crippen molar-refractivity contribution in [3.05, 3.63) is 0 Å². The van der Waals surface area contributed by atoms with Crippen LogP contribution in [0.3, 0.4) is 0 Å². The Morgan fingerprint density at radius 3 is 2.86 bits per heavy atom. The Hall–Kier alpha value is -0.570. The van der Waals surface area contributed by atoms with Gasteiger partial charge >= 0.3 is 5.97 Å². The number of rotatable bonds is 1. The van der Waals surface area contributed by atoms with Crippen molar-refractivity contribution in [1.29, 1.82) is 0 Å². The summed E-state index contributed by atoms with van der Waals surface area (Å²) >= 11 is 0. The summed E-state index contributed by atoms with van der Waals surface area (Å²) in [7, 11) is 0. The highest BCUT2D eigenvalue weighted by Gasteiger charge is 2.53. The van der Waals surface area contributed by atoms with Gasteiger partial charge in [0.1, 0.15) is 5.60 Å². The van der Waals surface area contributed by atoms with Crippen LogP contribution >= 0.6 is 0 Å². The molecule has 1 N–H and O–H groups in total. The van der Waals surface area contributed by atoms with Crippen LogP contribution in [0.4, 0.5) is 0 Å². The highest BCUT2D eigenvalue weighted by molar-refractivity contribution is 5.80. The Bertz CT molecular complexity index is 246. The van der Waals surface area contributed by atoms with Crippen molar-refractivity contribution in [2.45, 2.75) is 45.1 Å². The maximum Gasteiger partial charge on any atom is 0.314 e. The molecule has 0 amide bonds. The summed E-state index contributed by atoms with van der Waals surface area (Å²) < 4.78 is 5.51. The molecular formula is C11H19NO2. The SMILES string of the molecule is CCC1(C)CC2(CCCNC2)C(=O)O1. The molecule has 0 radical (unpaired) electrons. The summed E-state index contributed by atoms with van der Waals surface area (Å²) in [6.07, 6.45) is 3.89. The number of cyclic esters (lactones) is 1. The molecule has 2 rings (SSSR count). The molecule has 3 heteroatoms. The number of carbonyl (C=O) groups excluding carboxylic acids is 1. The number of piperidine rings is 1. The average Bonchev–Trinajstić information content (AvgIpc) is 2.41. The predicted octanol–water partition coefficient (Wildman–Crippen LogP) is 1.47. The lowest BCUT2D eigenvalue weighted by Crippen LogP contribution is -2.43. The fourth-order valence-corrected chi connectivity index (χ4v) is 2.65. The van der Waals surface area contributed by atoms with Crippen LogP contribution < -0.4 is 5.32 Å². The van der Waals surface area contributed by atoms with Gasteiger partial charge < -0.3 is 10.1 Å². The molecule has 0 aromatic rings. The third-order valence-electron chi connectivity index (χ3n) is 3.70. The molecule has 2 heterocycles. The first-order valence-corrected chi connectivity index (χ1v) is 5.54. The summed E-state index contributed by atoms with van der Waals surface area (Å²) in [4.78, 5) is 11.9. The monoisotopic (exact) mass is 197 g/mol. The van der Waals surface area contributed by atoms with Crippen LogP contribution in [0.2, 0.25) is 0 Å². The predicted molar refractivity (Wildman–Crippen MR) is 53.9 cm³/mol. The van der Waals surface area contributed by atoms with Gasteiger partial charge in [-0.3, -0.25) is 4.79 Å². The third kappa shape index (κ3) is 1.44. The number of hydrogen-bond acceptors (Lipinski definition) is 3. The molecule has 0 aromatic heterocycles. The molecule has 2 atom stereocenters. The Balaban J connectivity index is 2.17. The molecule has 1 spiro atoms. The molecule has 80 valence electrons. The van der Waals surface area contributed by atoms with Crippen LogP contribution in [0.25, 0.3) is 0 Å². The van der Waals surface area contributed by atoms with Gasteiger partial charge in [0.2, 0.25) is 0 Å². The summed E-state index contributed by atoms with van der Waals surface area (Å²) in [6.45, 7) is 5.98. The first kappa shape index (κ1) is 9.97. The molecule has 2 unspecified atom stereocenters. The van der Waals surface area contributed by atoms with Crippen molar-refractivity contribution in [3.8, 4) is 0 Å². The number of nitrogens with one attached hydrogen (secondary N) is 1. The highest BCUT2D eigenvalue weighted by atomic mass is 16.6. The van der Waals surface area contributed by atoms with Crippen LogP contribution in [0.1, 0.15) is 39.5 Å². The quantitative estimate of drug-likeness (QED) is 0.647. The number of esters is 1. The van der Waals surface area contributed by atoms with Crippen molar-refractivity contribution in [2.24, 2.45) is 5.41 Å². The van der Waals surface area contributed by atoms with E-state index in [1.807, 2.05) is 6.92 Å². The van der Waals surface area contributed by atoms with Gasteiger partial charge in [0.15, 0.2) is 0 Å². The standard InChI is InChI=1S/C11H19NO2/c1-3-10(2)7-11(9(13)14-10)5-4-6-12-8-11/h12H,3-8H2,1-2H3. The van der Waals surface area contributed by atoms with Gasteiger partial charge in [-0.15, -0.1) is 0 Å². The second-order valence-corrected chi connectivity index (χ2v) is 4.93. The van der Waals surface area contributed by atoms with E-state index in [1.54, 1.807) is 0 Å². The molecule has 0 aliphatic carbocycles. The van der Waals surface area contributed by atoms with E-state index in [9.17, 15) is 4.79 Å². The van der Waals surface area contributed by atoms with Gasteiger partial charge in [-0.2, -0.15) is 0 Å². The number of ether oxygens (including phenoxy) is 1. The minimum absolute atomic E-state index is 0.0223. The van der Waals surface area contributed by atoms with E-state index >= 15 is 0 Å². The van der Waals surface area contributed by atoms with Gasteiger partial charge in [-0.25, -0.2) is 0 Å². The first-order chi connectivity index (χ1) is 6.60. The molecular weight excluding hydrogens is 178 g/mol. The summed E-state index contributed by atoms with van der Waals surface area (Å²) in [6, 6.07) is 0. The van der Waals surface area contributed by atoms with Crippen molar-refractivity contribution >= 4 is 5.97 Å². The molecule has 14 heavy (non-hydrogen) atoms. The fourth-order valence-electron chi connectivity index (χ4n) is 2.65. The van der Waals surface area contributed by atoms with E-state index in [2.05, 4.69) is 12.2 Å². The molecule has 2 fully saturated rings. The maximum absolute atomic E-state index is 11.9. The first-order valence-electron chi connectivity index (χ1n) is 5.54. The minimum atomic E-state index is -0.212.